The fourth-order valence-electron chi connectivity index (χ4n) is 4.02. The Kier molecular flexibility index (Phi) is 4.44. The maximum Gasteiger partial charge on any atom is 0.373 e. The second-order valence-corrected chi connectivity index (χ2v) is 7.04. The molecule has 4 rings (SSSR count). The molecule has 0 unspecified atom stereocenters. The van der Waals surface area contributed by atoms with Gasteiger partial charge in [0, 0.05) is 49.8 Å². The number of hydrogen-bond acceptors (Lipinski definition) is 5. The minimum atomic E-state index is -0.398. The lowest BCUT2D eigenvalue weighted by Crippen LogP contribution is -2.59. The maximum atomic E-state index is 9.39. The van der Waals surface area contributed by atoms with Crippen LogP contribution in [0.2, 0.25) is 6.82 Å². The van der Waals surface area contributed by atoms with E-state index in [-0.39, 0.29) is 0 Å². The standard InChI is InChI=1S/C18H25BN4O/c1-19(24)21-15-12-16(13-15)22-8-10-23(11-9-22)18-17-5-3-2-4-14(17)6-7-20-18/h2-7,15-16,21,24H,8-13H2,1H3. The lowest BCUT2D eigenvalue weighted by Gasteiger charge is -2.47. The third-order valence-corrected chi connectivity index (χ3v) is 5.37. The first-order chi connectivity index (χ1) is 11.7. The third kappa shape index (κ3) is 3.14. The highest BCUT2D eigenvalue weighted by atomic mass is 16.2. The zero-order valence-corrected chi connectivity index (χ0v) is 14.2. The molecule has 1 saturated heterocycles. The summed E-state index contributed by atoms with van der Waals surface area (Å²) < 4.78 is 0. The molecule has 2 aliphatic rings. The van der Waals surface area contributed by atoms with Gasteiger partial charge in [0.15, 0.2) is 0 Å². The van der Waals surface area contributed by atoms with Crippen molar-refractivity contribution in [2.45, 2.75) is 31.7 Å². The van der Waals surface area contributed by atoms with Crippen LogP contribution in [-0.4, -0.2) is 60.2 Å². The van der Waals surface area contributed by atoms with Crippen LogP contribution in [0, 0.1) is 0 Å². The van der Waals surface area contributed by atoms with Crippen LogP contribution < -0.4 is 10.1 Å². The van der Waals surface area contributed by atoms with Gasteiger partial charge in [-0.1, -0.05) is 24.3 Å². The van der Waals surface area contributed by atoms with Gasteiger partial charge < -0.3 is 15.2 Å². The molecule has 1 aliphatic carbocycles. The molecule has 0 radical (unpaired) electrons. The van der Waals surface area contributed by atoms with Crippen LogP contribution >= 0.6 is 0 Å². The van der Waals surface area contributed by atoms with E-state index in [4.69, 9.17) is 0 Å². The van der Waals surface area contributed by atoms with Crippen molar-refractivity contribution < 1.29 is 5.02 Å². The summed E-state index contributed by atoms with van der Waals surface area (Å²) in [6, 6.07) is 11.7. The van der Waals surface area contributed by atoms with Crippen molar-refractivity contribution in [2.75, 3.05) is 31.1 Å². The normalized spacial score (nSPS) is 24.8. The summed E-state index contributed by atoms with van der Waals surface area (Å²) in [6.45, 7) is 6.05. The average Bonchev–Trinajstić information content (AvgIpc) is 2.57. The Morgan fingerprint density at radius 2 is 1.88 bits per heavy atom. The number of hydrogen-bond donors (Lipinski definition) is 2. The molecule has 5 nitrogen and oxygen atoms in total. The fourth-order valence-corrected chi connectivity index (χ4v) is 4.02. The summed E-state index contributed by atoms with van der Waals surface area (Å²) in [7, 11) is -0.398. The highest BCUT2D eigenvalue weighted by Crippen LogP contribution is 2.29. The maximum absolute atomic E-state index is 9.39. The number of rotatable bonds is 4. The van der Waals surface area contributed by atoms with E-state index in [1.165, 1.54) is 10.8 Å². The van der Waals surface area contributed by atoms with Crippen LogP contribution in [0.15, 0.2) is 36.5 Å². The van der Waals surface area contributed by atoms with Gasteiger partial charge in [-0.25, -0.2) is 4.98 Å². The number of piperazine rings is 1. The smallest absolute Gasteiger partial charge is 0.373 e. The van der Waals surface area contributed by atoms with E-state index in [1.807, 2.05) is 6.20 Å². The van der Waals surface area contributed by atoms with E-state index in [2.05, 4.69) is 50.3 Å². The van der Waals surface area contributed by atoms with Gasteiger partial charge >= 0.3 is 7.05 Å². The van der Waals surface area contributed by atoms with Gasteiger partial charge in [-0.3, -0.25) is 4.90 Å². The Balaban J connectivity index is 1.37. The first-order valence-electron chi connectivity index (χ1n) is 8.97. The Bertz CT molecular complexity index is 691. The molecule has 1 aromatic carbocycles. The molecule has 0 spiro atoms. The second-order valence-electron chi connectivity index (χ2n) is 7.04. The zero-order valence-electron chi connectivity index (χ0n) is 14.2. The largest absolute Gasteiger partial charge is 0.437 e. The molecule has 1 aromatic heterocycles. The number of aromatic nitrogens is 1. The van der Waals surface area contributed by atoms with E-state index >= 15 is 0 Å². The summed E-state index contributed by atoms with van der Waals surface area (Å²) in [4.78, 5) is 9.67. The van der Waals surface area contributed by atoms with E-state index < -0.39 is 7.05 Å². The lowest BCUT2D eigenvalue weighted by atomic mass is 9.78. The summed E-state index contributed by atoms with van der Waals surface area (Å²) in [5.74, 6) is 1.12. The Labute approximate surface area is 143 Å². The molecular formula is C18H25BN4O. The molecule has 1 saturated carbocycles. The SMILES string of the molecule is CB(O)NC1CC(N2CCN(c3nccc4ccccc34)CC2)C1. The van der Waals surface area contributed by atoms with Gasteiger partial charge in [0.25, 0.3) is 0 Å². The van der Waals surface area contributed by atoms with Crippen LogP contribution in [0.4, 0.5) is 5.82 Å². The molecule has 2 heterocycles. The third-order valence-electron chi connectivity index (χ3n) is 5.37. The Hall–Kier alpha value is -1.63. The molecule has 6 heteroatoms. The number of nitrogens with one attached hydrogen (secondary N) is 1. The van der Waals surface area contributed by atoms with Gasteiger partial charge in [-0.2, -0.15) is 0 Å². The van der Waals surface area contributed by atoms with E-state index in [0.29, 0.717) is 12.1 Å². The fraction of sp³-hybridized carbons (Fsp3) is 0.500. The van der Waals surface area contributed by atoms with E-state index in [1.54, 1.807) is 6.82 Å². The monoisotopic (exact) mass is 324 g/mol. The van der Waals surface area contributed by atoms with Crippen molar-refractivity contribution in [1.29, 1.82) is 0 Å². The van der Waals surface area contributed by atoms with Crippen molar-refractivity contribution in [3.63, 3.8) is 0 Å². The summed E-state index contributed by atoms with van der Waals surface area (Å²) in [5, 5.41) is 15.1. The van der Waals surface area contributed by atoms with Gasteiger partial charge in [0.05, 0.1) is 0 Å². The predicted octanol–water partition coefficient (Wildman–Crippen LogP) is 1.59. The summed E-state index contributed by atoms with van der Waals surface area (Å²) in [6.07, 6.45) is 4.22. The molecule has 0 bridgehead atoms. The van der Waals surface area contributed by atoms with Crippen LogP contribution in [0.3, 0.4) is 0 Å². The minimum Gasteiger partial charge on any atom is -0.437 e. The molecule has 126 valence electrons. The van der Waals surface area contributed by atoms with Crippen molar-refractivity contribution in [2.24, 2.45) is 0 Å². The molecule has 2 aromatic rings. The van der Waals surface area contributed by atoms with Gasteiger partial charge in [0.1, 0.15) is 5.82 Å². The van der Waals surface area contributed by atoms with E-state index in [0.717, 1.165) is 44.8 Å². The average molecular weight is 324 g/mol. The van der Waals surface area contributed by atoms with E-state index in [9.17, 15) is 5.02 Å². The number of benzene rings is 1. The van der Waals surface area contributed by atoms with Crippen molar-refractivity contribution in [1.82, 2.24) is 15.1 Å². The number of anilines is 1. The Morgan fingerprint density at radius 1 is 1.12 bits per heavy atom. The summed E-state index contributed by atoms with van der Waals surface area (Å²) in [5.41, 5.74) is 0. The van der Waals surface area contributed by atoms with Crippen LogP contribution in [0.5, 0.6) is 0 Å². The van der Waals surface area contributed by atoms with Crippen molar-refractivity contribution >= 4 is 23.6 Å². The topological polar surface area (TPSA) is 51.6 Å². The first kappa shape index (κ1) is 15.9. The molecule has 2 fully saturated rings. The van der Waals surface area contributed by atoms with Gasteiger partial charge in [-0.15, -0.1) is 0 Å². The zero-order chi connectivity index (χ0) is 16.5. The minimum absolute atomic E-state index is 0.398. The highest BCUT2D eigenvalue weighted by molar-refractivity contribution is 6.45. The van der Waals surface area contributed by atoms with Crippen molar-refractivity contribution in [3.05, 3.63) is 36.5 Å². The molecule has 0 atom stereocenters. The number of nitrogens with zero attached hydrogens (tertiary/aromatic N) is 3. The van der Waals surface area contributed by atoms with Crippen LogP contribution in [0.1, 0.15) is 12.8 Å². The first-order valence-corrected chi connectivity index (χ1v) is 8.97. The quantitative estimate of drug-likeness (QED) is 0.837. The van der Waals surface area contributed by atoms with Gasteiger partial charge in [0.2, 0.25) is 0 Å². The molecule has 1 aliphatic heterocycles. The van der Waals surface area contributed by atoms with Crippen LogP contribution in [-0.2, 0) is 0 Å². The molecule has 24 heavy (non-hydrogen) atoms. The second kappa shape index (κ2) is 6.71. The van der Waals surface area contributed by atoms with Crippen LogP contribution in [0.25, 0.3) is 10.8 Å². The Morgan fingerprint density at radius 3 is 2.62 bits per heavy atom. The van der Waals surface area contributed by atoms with Crippen molar-refractivity contribution in [3.8, 4) is 0 Å². The van der Waals surface area contributed by atoms with Gasteiger partial charge in [-0.05, 0) is 31.1 Å². The molecular weight excluding hydrogens is 299 g/mol. The lowest BCUT2D eigenvalue weighted by molar-refractivity contribution is 0.0969. The molecule has 2 N–H and O–H groups in total. The predicted molar refractivity (Wildman–Crippen MR) is 99.3 cm³/mol. The highest BCUT2D eigenvalue weighted by Gasteiger charge is 2.35. The number of pyridine rings is 1. The molecule has 0 amide bonds. The summed E-state index contributed by atoms with van der Waals surface area (Å²) >= 11 is 0. The number of fused-ring (bicyclic) bond motifs is 1.